The minimum Gasteiger partial charge on any atom is -0.497 e. The normalized spacial score (nSPS) is 21.2. The standard InChI is InChI=1S/C16H16FNO/c1-19-14-4-2-3-12(10-14)16(18)8-7-11-9-13(17)5-6-15(11)16/h2-6,9-10H,7-8,18H2,1H3. The van der Waals surface area contributed by atoms with Crippen molar-refractivity contribution in [1.29, 1.82) is 0 Å². The third-order valence-corrected chi connectivity index (χ3v) is 3.92. The molecule has 2 N–H and O–H groups in total. The molecule has 0 saturated carbocycles. The highest BCUT2D eigenvalue weighted by atomic mass is 19.1. The van der Waals surface area contributed by atoms with Gasteiger partial charge in [-0.3, -0.25) is 0 Å². The summed E-state index contributed by atoms with van der Waals surface area (Å²) < 4.78 is 18.5. The van der Waals surface area contributed by atoms with Crippen molar-refractivity contribution in [3.05, 3.63) is 65.0 Å². The molecule has 0 aromatic heterocycles. The fraction of sp³-hybridized carbons (Fsp3) is 0.250. The van der Waals surface area contributed by atoms with E-state index in [0.717, 1.165) is 35.3 Å². The Hall–Kier alpha value is -1.87. The highest BCUT2D eigenvalue weighted by Crippen LogP contribution is 2.40. The molecule has 0 amide bonds. The Bertz CT molecular complexity index is 626. The second kappa shape index (κ2) is 4.35. The molecule has 0 radical (unpaired) electrons. The lowest BCUT2D eigenvalue weighted by Gasteiger charge is -2.26. The van der Waals surface area contributed by atoms with Crippen LogP contribution in [0.3, 0.4) is 0 Å². The lowest BCUT2D eigenvalue weighted by Crippen LogP contribution is -2.35. The van der Waals surface area contributed by atoms with E-state index in [4.69, 9.17) is 10.5 Å². The van der Waals surface area contributed by atoms with Gasteiger partial charge in [0.15, 0.2) is 0 Å². The van der Waals surface area contributed by atoms with E-state index in [1.54, 1.807) is 19.2 Å². The average Bonchev–Trinajstić information content (AvgIpc) is 2.77. The Morgan fingerprint density at radius 3 is 2.84 bits per heavy atom. The van der Waals surface area contributed by atoms with Crippen LogP contribution in [0.5, 0.6) is 5.75 Å². The molecule has 0 fully saturated rings. The molecule has 0 aliphatic heterocycles. The van der Waals surface area contributed by atoms with Crippen molar-refractivity contribution in [3.8, 4) is 5.75 Å². The van der Waals surface area contributed by atoms with Crippen LogP contribution in [0, 0.1) is 5.82 Å². The molecule has 1 aliphatic carbocycles. The number of fused-ring (bicyclic) bond motifs is 1. The molecule has 98 valence electrons. The Labute approximate surface area is 112 Å². The van der Waals surface area contributed by atoms with Gasteiger partial charge in [0.1, 0.15) is 11.6 Å². The van der Waals surface area contributed by atoms with Crippen LogP contribution in [0.1, 0.15) is 23.1 Å². The molecule has 0 saturated heterocycles. The maximum absolute atomic E-state index is 13.3. The second-order valence-corrected chi connectivity index (χ2v) is 5.00. The molecule has 2 aromatic carbocycles. The van der Waals surface area contributed by atoms with E-state index in [2.05, 4.69) is 0 Å². The molecule has 0 bridgehead atoms. The van der Waals surface area contributed by atoms with Gasteiger partial charge in [-0.15, -0.1) is 0 Å². The van der Waals surface area contributed by atoms with Gasteiger partial charge in [-0.25, -0.2) is 4.39 Å². The van der Waals surface area contributed by atoms with Crippen molar-refractivity contribution in [1.82, 2.24) is 0 Å². The summed E-state index contributed by atoms with van der Waals surface area (Å²) in [6.45, 7) is 0. The molecule has 0 spiro atoms. The van der Waals surface area contributed by atoms with E-state index < -0.39 is 5.54 Å². The van der Waals surface area contributed by atoms with Crippen molar-refractivity contribution < 1.29 is 9.13 Å². The van der Waals surface area contributed by atoms with Crippen LogP contribution in [0.4, 0.5) is 4.39 Å². The van der Waals surface area contributed by atoms with Crippen molar-refractivity contribution in [3.63, 3.8) is 0 Å². The fourth-order valence-electron chi connectivity index (χ4n) is 2.87. The first-order valence-electron chi connectivity index (χ1n) is 6.36. The quantitative estimate of drug-likeness (QED) is 0.897. The van der Waals surface area contributed by atoms with E-state index >= 15 is 0 Å². The lowest BCUT2D eigenvalue weighted by atomic mass is 9.85. The molecule has 1 aliphatic rings. The number of rotatable bonds is 2. The van der Waals surface area contributed by atoms with E-state index in [9.17, 15) is 4.39 Å². The number of nitrogens with two attached hydrogens (primary N) is 1. The topological polar surface area (TPSA) is 35.2 Å². The first kappa shape index (κ1) is 12.2. The maximum atomic E-state index is 13.3. The molecular formula is C16H16FNO. The van der Waals surface area contributed by atoms with Gasteiger partial charge in [0.2, 0.25) is 0 Å². The third kappa shape index (κ3) is 1.90. The summed E-state index contributed by atoms with van der Waals surface area (Å²) in [6, 6.07) is 12.7. The van der Waals surface area contributed by atoms with Crippen LogP contribution in [-0.4, -0.2) is 7.11 Å². The van der Waals surface area contributed by atoms with Crippen LogP contribution in [-0.2, 0) is 12.0 Å². The van der Waals surface area contributed by atoms with E-state index in [0.29, 0.717) is 0 Å². The summed E-state index contributed by atoms with van der Waals surface area (Å²) in [6.07, 6.45) is 1.60. The number of methoxy groups -OCH3 is 1. The summed E-state index contributed by atoms with van der Waals surface area (Å²) in [5, 5.41) is 0. The second-order valence-electron chi connectivity index (χ2n) is 5.00. The molecule has 0 heterocycles. The van der Waals surface area contributed by atoms with E-state index in [-0.39, 0.29) is 5.82 Å². The number of ether oxygens (including phenoxy) is 1. The van der Waals surface area contributed by atoms with Gasteiger partial charge in [-0.1, -0.05) is 18.2 Å². The summed E-state index contributed by atoms with van der Waals surface area (Å²) in [7, 11) is 1.64. The number of benzene rings is 2. The summed E-state index contributed by atoms with van der Waals surface area (Å²) >= 11 is 0. The summed E-state index contributed by atoms with van der Waals surface area (Å²) in [5.74, 6) is 0.589. The van der Waals surface area contributed by atoms with Gasteiger partial charge in [0, 0.05) is 0 Å². The number of halogens is 1. The number of aryl methyl sites for hydroxylation is 1. The number of hydrogen-bond donors (Lipinski definition) is 1. The van der Waals surface area contributed by atoms with Crippen molar-refractivity contribution in [2.45, 2.75) is 18.4 Å². The molecule has 1 atom stereocenters. The fourth-order valence-corrected chi connectivity index (χ4v) is 2.87. The van der Waals surface area contributed by atoms with Gasteiger partial charge >= 0.3 is 0 Å². The van der Waals surface area contributed by atoms with Crippen LogP contribution in [0.15, 0.2) is 42.5 Å². The Morgan fingerprint density at radius 1 is 1.21 bits per heavy atom. The van der Waals surface area contributed by atoms with Crippen molar-refractivity contribution in [2.75, 3.05) is 7.11 Å². The third-order valence-electron chi connectivity index (χ3n) is 3.92. The van der Waals surface area contributed by atoms with Crippen LogP contribution in [0.25, 0.3) is 0 Å². The highest BCUT2D eigenvalue weighted by molar-refractivity contribution is 5.48. The van der Waals surface area contributed by atoms with Gasteiger partial charge in [-0.2, -0.15) is 0 Å². The zero-order valence-corrected chi connectivity index (χ0v) is 10.8. The molecule has 2 nitrogen and oxygen atoms in total. The summed E-state index contributed by atoms with van der Waals surface area (Å²) in [4.78, 5) is 0. The van der Waals surface area contributed by atoms with E-state index in [1.807, 2.05) is 24.3 Å². The summed E-state index contributed by atoms with van der Waals surface area (Å²) in [5.41, 5.74) is 9.08. The molecule has 2 aromatic rings. The maximum Gasteiger partial charge on any atom is 0.123 e. The molecular weight excluding hydrogens is 241 g/mol. The van der Waals surface area contributed by atoms with Crippen LogP contribution < -0.4 is 10.5 Å². The molecule has 1 unspecified atom stereocenters. The molecule has 3 heteroatoms. The smallest absolute Gasteiger partial charge is 0.123 e. The monoisotopic (exact) mass is 257 g/mol. The Kier molecular flexibility index (Phi) is 2.79. The largest absolute Gasteiger partial charge is 0.497 e. The highest BCUT2D eigenvalue weighted by Gasteiger charge is 2.36. The zero-order valence-electron chi connectivity index (χ0n) is 10.8. The van der Waals surface area contributed by atoms with Gasteiger partial charge in [0.05, 0.1) is 12.6 Å². The van der Waals surface area contributed by atoms with Crippen molar-refractivity contribution in [2.24, 2.45) is 5.73 Å². The van der Waals surface area contributed by atoms with Gasteiger partial charge in [0.25, 0.3) is 0 Å². The predicted octanol–water partition coefficient (Wildman–Crippen LogP) is 2.98. The average molecular weight is 257 g/mol. The first-order chi connectivity index (χ1) is 9.13. The zero-order chi connectivity index (χ0) is 13.5. The first-order valence-corrected chi connectivity index (χ1v) is 6.36. The van der Waals surface area contributed by atoms with Crippen LogP contribution in [0.2, 0.25) is 0 Å². The molecule has 3 rings (SSSR count). The number of hydrogen-bond acceptors (Lipinski definition) is 2. The molecule has 19 heavy (non-hydrogen) atoms. The minimum absolute atomic E-state index is 0.200. The Morgan fingerprint density at radius 2 is 2.05 bits per heavy atom. The van der Waals surface area contributed by atoms with Gasteiger partial charge < -0.3 is 10.5 Å². The predicted molar refractivity (Wildman–Crippen MR) is 72.7 cm³/mol. The van der Waals surface area contributed by atoms with E-state index in [1.165, 1.54) is 6.07 Å². The minimum atomic E-state index is -0.544. The van der Waals surface area contributed by atoms with Gasteiger partial charge in [-0.05, 0) is 53.8 Å². The SMILES string of the molecule is COc1cccc(C2(N)CCc3cc(F)ccc32)c1. The van der Waals surface area contributed by atoms with Crippen molar-refractivity contribution >= 4 is 0 Å². The lowest BCUT2D eigenvalue weighted by molar-refractivity contribution is 0.412. The van der Waals surface area contributed by atoms with Crippen LogP contribution >= 0.6 is 0 Å². The Balaban J connectivity index is 2.10.